The van der Waals surface area contributed by atoms with Crippen LogP contribution in [0.4, 0.5) is 4.79 Å². The van der Waals surface area contributed by atoms with Crippen LogP contribution < -0.4 is 5.32 Å². The molecule has 2 aliphatic rings. The van der Waals surface area contributed by atoms with Gasteiger partial charge >= 0.3 is 6.03 Å². The molecule has 9 heteroatoms. The molecule has 4 rings (SSSR count). The molecular formula is C22H30N6O3. The lowest BCUT2D eigenvalue weighted by Crippen LogP contribution is -2.47. The molecule has 1 aromatic carbocycles. The number of benzene rings is 1. The topological polar surface area (TPSA) is 92.6 Å². The highest BCUT2D eigenvalue weighted by molar-refractivity contribution is 5.93. The first-order valence-electron chi connectivity index (χ1n) is 10.8. The number of carbonyl (C=O) groups excluding carboxylic acids is 2. The van der Waals surface area contributed by atoms with E-state index < -0.39 is 0 Å². The Hall–Kier alpha value is -2.94. The minimum atomic E-state index is -0.110. The molecule has 1 fully saturated rings. The molecule has 0 bridgehead atoms. The van der Waals surface area contributed by atoms with Gasteiger partial charge in [0.25, 0.3) is 5.91 Å². The third-order valence-electron chi connectivity index (χ3n) is 5.89. The van der Waals surface area contributed by atoms with Gasteiger partial charge in [-0.05, 0) is 51.3 Å². The van der Waals surface area contributed by atoms with Crippen LogP contribution >= 0.6 is 0 Å². The highest BCUT2D eigenvalue weighted by atomic mass is 16.5. The Morgan fingerprint density at radius 2 is 2.06 bits per heavy atom. The first kappa shape index (κ1) is 21.3. The van der Waals surface area contributed by atoms with Gasteiger partial charge < -0.3 is 19.9 Å². The largest absolute Gasteiger partial charge is 0.377 e. The molecule has 2 aromatic rings. The second-order valence-corrected chi connectivity index (χ2v) is 8.55. The number of rotatable bonds is 3. The summed E-state index contributed by atoms with van der Waals surface area (Å²) < 4.78 is 7.20. The van der Waals surface area contributed by atoms with E-state index in [1.165, 1.54) is 0 Å². The normalized spacial score (nSPS) is 18.8. The number of hydrogen-bond acceptors (Lipinski definition) is 5. The first-order valence-corrected chi connectivity index (χ1v) is 10.8. The van der Waals surface area contributed by atoms with Crippen LogP contribution in [0.25, 0.3) is 5.69 Å². The monoisotopic (exact) mass is 426 g/mol. The van der Waals surface area contributed by atoms with E-state index in [0.29, 0.717) is 38.5 Å². The van der Waals surface area contributed by atoms with Gasteiger partial charge in [0.1, 0.15) is 0 Å². The van der Waals surface area contributed by atoms with Gasteiger partial charge in [0, 0.05) is 25.7 Å². The van der Waals surface area contributed by atoms with Crippen molar-refractivity contribution in [3.05, 3.63) is 40.7 Å². The number of hydrogen-bond donors (Lipinski definition) is 1. The van der Waals surface area contributed by atoms with Gasteiger partial charge in [-0.25, -0.2) is 9.48 Å². The number of ether oxygens (including phenoxy) is 1. The van der Waals surface area contributed by atoms with Gasteiger partial charge in [0.15, 0.2) is 5.69 Å². The van der Waals surface area contributed by atoms with Crippen molar-refractivity contribution in [1.82, 2.24) is 30.1 Å². The third kappa shape index (κ3) is 4.14. The van der Waals surface area contributed by atoms with E-state index in [9.17, 15) is 9.59 Å². The first-order chi connectivity index (χ1) is 14.9. The fourth-order valence-electron chi connectivity index (χ4n) is 4.22. The molecule has 2 aliphatic heterocycles. The Kier molecular flexibility index (Phi) is 5.95. The average molecular weight is 427 g/mol. The van der Waals surface area contributed by atoms with Crippen molar-refractivity contribution in [1.29, 1.82) is 0 Å². The summed E-state index contributed by atoms with van der Waals surface area (Å²) in [6.45, 7) is 10.6. The Bertz CT molecular complexity index is 986. The van der Waals surface area contributed by atoms with Crippen LogP contribution in [0.1, 0.15) is 48.1 Å². The van der Waals surface area contributed by atoms with Gasteiger partial charge in [0.2, 0.25) is 0 Å². The van der Waals surface area contributed by atoms with Crippen LogP contribution in [-0.4, -0.2) is 75.1 Å². The van der Waals surface area contributed by atoms with E-state index in [2.05, 4.69) is 15.6 Å². The summed E-state index contributed by atoms with van der Waals surface area (Å²) in [5.74, 6) is -0.110. The Morgan fingerprint density at radius 1 is 1.26 bits per heavy atom. The lowest BCUT2D eigenvalue weighted by Gasteiger charge is -2.32. The van der Waals surface area contributed by atoms with Crippen LogP contribution in [0.3, 0.4) is 0 Å². The second-order valence-electron chi connectivity index (χ2n) is 8.55. The smallest absolute Gasteiger partial charge is 0.317 e. The molecule has 1 unspecified atom stereocenters. The highest BCUT2D eigenvalue weighted by Crippen LogP contribution is 2.26. The van der Waals surface area contributed by atoms with Crippen LogP contribution in [0, 0.1) is 6.92 Å². The minimum Gasteiger partial charge on any atom is -0.377 e. The van der Waals surface area contributed by atoms with Gasteiger partial charge in [0.05, 0.1) is 30.6 Å². The molecule has 0 spiro atoms. The quantitative estimate of drug-likeness (QED) is 0.809. The molecular weight excluding hydrogens is 396 g/mol. The molecule has 3 heterocycles. The zero-order valence-electron chi connectivity index (χ0n) is 18.6. The molecule has 0 saturated carbocycles. The summed E-state index contributed by atoms with van der Waals surface area (Å²) in [6.07, 6.45) is 0.722. The van der Waals surface area contributed by atoms with E-state index in [1.807, 2.05) is 50.8 Å². The zero-order chi connectivity index (χ0) is 22.1. The molecule has 166 valence electrons. The number of morpholine rings is 1. The fraction of sp³-hybridized carbons (Fsp3) is 0.545. The van der Waals surface area contributed by atoms with Crippen molar-refractivity contribution in [2.24, 2.45) is 0 Å². The van der Waals surface area contributed by atoms with Crippen LogP contribution in [0.15, 0.2) is 18.2 Å². The summed E-state index contributed by atoms with van der Waals surface area (Å²) in [5, 5.41) is 11.5. The van der Waals surface area contributed by atoms with E-state index >= 15 is 0 Å². The Morgan fingerprint density at radius 3 is 2.81 bits per heavy atom. The molecule has 1 N–H and O–H groups in total. The van der Waals surface area contributed by atoms with Crippen LogP contribution in [-0.2, 0) is 17.7 Å². The second kappa shape index (κ2) is 8.66. The molecule has 3 amide bonds. The molecule has 9 nitrogen and oxygen atoms in total. The van der Waals surface area contributed by atoms with E-state index in [1.54, 1.807) is 9.58 Å². The number of fused-ring (bicyclic) bond motifs is 1. The standard InChI is InChI=1S/C22H30N6O3/c1-14(2)23-22(30)26-9-8-18-17(12-26)6-5-7-19(18)28-16(4)20(24-25-28)21(29)27-10-11-31-13-15(27)3/h5-7,14-15H,8-13H2,1-4H3,(H,23,30). The zero-order valence-corrected chi connectivity index (χ0v) is 18.6. The number of carbonyl (C=O) groups is 2. The molecule has 0 radical (unpaired) electrons. The van der Waals surface area contributed by atoms with Crippen molar-refractivity contribution in [2.75, 3.05) is 26.3 Å². The summed E-state index contributed by atoms with van der Waals surface area (Å²) in [6, 6.07) is 6.07. The minimum absolute atomic E-state index is 0.0123. The van der Waals surface area contributed by atoms with Gasteiger partial charge in [-0.2, -0.15) is 0 Å². The van der Waals surface area contributed by atoms with E-state index in [-0.39, 0.29) is 24.0 Å². The lowest BCUT2D eigenvalue weighted by atomic mass is 9.97. The molecule has 0 aliphatic carbocycles. The van der Waals surface area contributed by atoms with Gasteiger partial charge in [-0.1, -0.05) is 17.3 Å². The fourth-order valence-corrected chi connectivity index (χ4v) is 4.22. The van der Waals surface area contributed by atoms with Crippen molar-refractivity contribution < 1.29 is 14.3 Å². The average Bonchev–Trinajstić information content (AvgIpc) is 3.13. The van der Waals surface area contributed by atoms with Crippen LogP contribution in [0.2, 0.25) is 0 Å². The Balaban J connectivity index is 1.59. The maximum Gasteiger partial charge on any atom is 0.317 e. The number of aromatic nitrogens is 3. The summed E-state index contributed by atoms with van der Waals surface area (Å²) >= 11 is 0. The predicted octanol–water partition coefficient (Wildman–Crippen LogP) is 1.91. The SMILES string of the molecule is Cc1c(C(=O)N2CCOCC2C)nnn1-c1cccc2c1CCN(C(=O)NC(C)C)C2. The van der Waals surface area contributed by atoms with Crippen molar-refractivity contribution in [2.45, 2.75) is 52.7 Å². The molecule has 1 saturated heterocycles. The van der Waals surface area contributed by atoms with Crippen molar-refractivity contribution >= 4 is 11.9 Å². The van der Waals surface area contributed by atoms with Crippen LogP contribution in [0.5, 0.6) is 0 Å². The number of nitrogens with one attached hydrogen (secondary N) is 1. The predicted molar refractivity (Wildman–Crippen MR) is 115 cm³/mol. The Labute approximate surface area is 182 Å². The molecule has 31 heavy (non-hydrogen) atoms. The highest BCUT2D eigenvalue weighted by Gasteiger charge is 2.30. The van der Waals surface area contributed by atoms with E-state index in [0.717, 1.165) is 28.9 Å². The summed E-state index contributed by atoms with van der Waals surface area (Å²) in [4.78, 5) is 29.1. The molecule has 1 aromatic heterocycles. The summed E-state index contributed by atoms with van der Waals surface area (Å²) in [5.41, 5.74) is 4.24. The third-order valence-corrected chi connectivity index (χ3v) is 5.89. The van der Waals surface area contributed by atoms with Crippen molar-refractivity contribution in [3.8, 4) is 5.69 Å². The van der Waals surface area contributed by atoms with Gasteiger partial charge in [-0.15, -0.1) is 5.10 Å². The molecule has 1 atom stereocenters. The number of nitrogens with zero attached hydrogens (tertiary/aromatic N) is 5. The number of urea groups is 1. The summed E-state index contributed by atoms with van der Waals surface area (Å²) in [7, 11) is 0. The maximum atomic E-state index is 13.1. The lowest BCUT2D eigenvalue weighted by molar-refractivity contribution is 0.00322. The maximum absolute atomic E-state index is 13.1. The number of amides is 3. The van der Waals surface area contributed by atoms with Crippen molar-refractivity contribution in [3.63, 3.8) is 0 Å². The van der Waals surface area contributed by atoms with E-state index in [4.69, 9.17) is 4.74 Å². The van der Waals surface area contributed by atoms with Gasteiger partial charge in [-0.3, -0.25) is 4.79 Å².